The van der Waals surface area contributed by atoms with E-state index in [1.54, 1.807) is 19.1 Å². The molecule has 0 spiro atoms. The van der Waals surface area contributed by atoms with E-state index in [0.717, 1.165) is 86.9 Å². The molecule has 14 heteroatoms. The molecule has 10 nitrogen and oxygen atoms in total. The third kappa shape index (κ3) is 9.07. The van der Waals surface area contributed by atoms with Gasteiger partial charge in [0.1, 0.15) is 16.6 Å². The molecule has 5 rings (SSSR count). The van der Waals surface area contributed by atoms with Crippen LogP contribution in [-0.2, 0) is 25.6 Å². The van der Waals surface area contributed by atoms with Gasteiger partial charge in [-0.15, -0.1) is 29.8 Å². The summed E-state index contributed by atoms with van der Waals surface area (Å²) in [6.07, 6.45) is 10.4. The molecule has 2 aromatic rings. The third-order valence-corrected chi connectivity index (χ3v) is 10.7. The molecule has 0 bridgehead atoms. The molecule has 1 aliphatic carbocycles. The van der Waals surface area contributed by atoms with Crippen LogP contribution in [0.2, 0.25) is 0 Å². The van der Waals surface area contributed by atoms with Crippen molar-refractivity contribution in [1.82, 2.24) is 0 Å². The standard InChI is InChI=1S/C40H43ClN2O8S2.K/c1-24-20-30-28(22-32(24)47-7)38(3,4)34(42(30)18-16-36(52)49-51-46)14-12-26-10-9-11-27(37(26)41)13-15-35-39(5,6)29-23-33(48-8)25(2)21-31(29)43(35)19-17-40(44,53)50-45;/h12-15,20-23,36,45-46,52-53H,9-11H2,1-8H3;/q;+1/p-1. The fourth-order valence-corrected chi connectivity index (χ4v) is 7.41. The zero-order chi connectivity index (χ0) is 38.9. The van der Waals surface area contributed by atoms with Crippen molar-refractivity contribution in [2.75, 3.05) is 19.1 Å². The number of fused-ring (bicyclic) bond motifs is 2. The fraction of sp³-hybridized carbons (Fsp3) is 0.375. The molecule has 280 valence electrons. The first-order chi connectivity index (χ1) is 25.0. The zero-order valence-electron chi connectivity index (χ0n) is 31.8. The molecule has 0 amide bonds. The largest absolute Gasteiger partial charge is 1.00 e. The second-order valence-corrected chi connectivity index (χ2v) is 15.4. The number of hydrogen-bond donors (Lipinski definition) is 3. The Labute approximate surface area is 375 Å². The van der Waals surface area contributed by atoms with Gasteiger partial charge in [-0.05, 0) is 105 Å². The average Bonchev–Trinajstić information content (AvgIpc) is 3.44. The Balaban J connectivity index is 0.00000650. The number of thiol groups is 2. The minimum absolute atomic E-state index is 0. The van der Waals surface area contributed by atoms with E-state index in [1.165, 1.54) is 0 Å². The predicted molar refractivity (Wildman–Crippen MR) is 207 cm³/mol. The minimum atomic E-state index is -2.62. The quantitative estimate of drug-likeness (QED) is 0.0702. The first-order valence-electron chi connectivity index (χ1n) is 16.8. The molecule has 54 heavy (non-hydrogen) atoms. The molecule has 3 aliphatic rings. The molecule has 0 saturated carbocycles. The van der Waals surface area contributed by atoms with Gasteiger partial charge in [-0.1, -0.05) is 37.6 Å². The van der Waals surface area contributed by atoms with Crippen molar-refractivity contribution in [3.05, 3.63) is 92.7 Å². The molecular formula is C40H42ClKN2O8S2. The average molecular weight is 817 g/mol. The zero-order valence-corrected chi connectivity index (χ0v) is 37.5. The number of nitrogens with zero attached hydrogens (tertiary/aromatic N) is 2. The molecule has 2 unspecified atom stereocenters. The van der Waals surface area contributed by atoms with Crippen LogP contribution >= 0.6 is 36.9 Å². The van der Waals surface area contributed by atoms with E-state index in [2.05, 4.69) is 91.7 Å². The van der Waals surface area contributed by atoms with E-state index in [1.807, 2.05) is 67.0 Å². The van der Waals surface area contributed by atoms with Crippen molar-refractivity contribution in [2.45, 2.75) is 82.2 Å². The first kappa shape index (κ1) is 44.7. The number of ether oxygens (including phenoxy) is 2. The molecule has 0 fully saturated rings. The van der Waals surface area contributed by atoms with Gasteiger partial charge < -0.3 is 19.8 Å². The number of allylic oxidation sites excluding steroid dienone is 8. The molecule has 2 heterocycles. The normalized spacial score (nSPS) is 20.1. The van der Waals surface area contributed by atoms with Crippen molar-refractivity contribution in [2.24, 2.45) is 0 Å². The first-order valence-corrected chi connectivity index (χ1v) is 18.1. The Morgan fingerprint density at radius 1 is 1.00 bits per heavy atom. The Hall–Kier alpha value is -2.02. The van der Waals surface area contributed by atoms with Crippen LogP contribution < -0.4 is 76.1 Å². The van der Waals surface area contributed by atoms with Crippen LogP contribution in [-0.4, -0.2) is 40.3 Å². The summed E-state index contributed by atoms with van der Waals surface area (Å²) in [5.74, 6) is 6.68. The number of aryl methyl sites for hydroxylation is 2. The topological polar surface area (TPSA) is 119 Å². The van der Waals surface area contributed by atoms with Gasteiger partial charge in [0, 0.05) is 45.8 Å². The van der Waals surface area contributed by atoms with Crippen LogP contribution in [0.1, 0.15) is 69.2 Å². The number of rotatable bonds is 8. The molecule has 2 aromatic carbocycles. The summed E-state index contributed by atoms with van der Waals surface area (Å²) in [5.41, 5.74) is 6.89. The van der Waals surface area contributed by atoms with Crippen molar-refractivity contribution < 1.29 is 95.9 Å². The van der Waals surface area contributed by atoms with Crippen molar-refractivity contribution in [3.8, 4) is 35.4 Å². The maximum absolute atomic E-state index is 12.3. The third-order valence-electron chi connectivity index (χ3n) is 9.84. The summed E-state index contributed by atoms with van der Waals surface area (Å²) in [4.78, 5) is 10.2. The summed E-state index contributed by atoms with van der Waals surface area (Å²) >= 11 is 15.1. The van der Waals surface area contributed by atoms with Crippen LogP contribution in [0, 0.1) is 37.8 Å². The van der Waals surface area contributed by atoms with Gasteiger partial charge in [0.15, 0.2) is 0 Å². The minimum Gasteiger partial charge on any atom is -0.808 e. The Bertz CT molecular complexity index is 2100. The smallest absolute Gasteiger partial charge is 0.808 e. The molecule has 1 N–H and O–H groups in total. The monoisotopic (exact) mass is 816 g/mol. The van der Waals surface area contributed by atoms with Gasteiger partial charge in [0.2, 0.25) is 22.9 Å². The number of methoxy groups -OCH3 is 2. The Morgan fingerprint density at radius 3 is 2.28 bits per heavy atom. The maximum atomic E-state index is 12.3. The van der Waals surface area contributed by atoms with Crippen LogP contribution in [0.3, 0.4) is 0 Å². The van der Waals surface area contributed by atoms with Crippen LogP contribution in [0.4, 0.5) is 11.4 Å². The van der Waals surface area contributed by atoms with Gasteiger partial charge in [0.25, 0.3) is 0 Å². The van der Waals surface area contributed by atoms with Gasteiger partial charge in [0.05, 0.1) is 25.3 Å². The summed E-state index contributed by atoms with van der Waals surface area (Å²) in [5, 5.41) is 33.5. The van der Waals surface area contributed by atoms with Crippen molar-refractivity contribution in [3.63, 3.8) is 0 Å². The van der Waals surface area contributed by atoms with Gasteiger partial charge in [-0.25, -0.2) is 9.78 Å². The van der Waals surface area contributed by atoms with E-state index >= 15 is 0 Å². The van der Waals surface area contributed by atoms with Crippen LogP contribution in [0.5, 0.6) is 11.5 Å². The molecule has 0 aromatic heterocycles. The summed E-state index contributed by atoms with van der Waals surface area (Å²) < 4.78 is 13.1. The number of anilines is 1. The maximum Gasteiger partial charge on any atom is 1.00 e. The second kappa shape index (κ2) is 18.1. The Morgan fingerprint density at radius 2 is 1.65 bits per heavy atom. The second-order valence-electron chi connectivity index (χ2n) is 13.9. The summed E-state index contributed by atoms with van der Waals surface area (Å²) in [6.45, 7) is 12.2. The van der Waals surface area contributed by atoms with E-state index < -0.39 is 21.4 Å². The number of benzene rings is 2. The molecule has 0 radical (unpaired) electrons. The van der Waals surface area contributed by atoms with Gasteiger partial charge >= 0.3 is 51.4 Å². The van der Waals surface area contributed by atoms with E-state index in [4.69, 9.17) is 26.3 Å². The summed E-state index contributed by atoms with van der Waals surface area (Å²) in [6, 6.07) is 13.9. The van der Waals surface area contributed by atoms with Gasteiger partial charge in [-0.2, -0.15) is 0 Å². The van der Waals surface area contributed by atoms with E-state index in [-0.39, 0.29) is 51.4 Å². The Kier molecular flexibility index (Phi) is 14.9. The van der Waals surface area contributed by atoms with Crippen LogP contribution in [0.15, 0.2) is 70.4 Å². The van der Waals surface area contributed by atoms with E-state index in [0.29, 0.717) is 5.03 Å². The van der Waals surface area contributed by atoms with Crippen molar-refractivity contribution in [1.29, 1.82) is 0 Å². The predicted octanol–water partition coefficient (Wildman–Crippen LogP) is 3.38. The molecular weight excluding hydrogens is 775 g/mol. The molecule has 2 aliphatic heterocycles. The number of halogens is 1. The van der Waals surface area contributed by atoms with Crippen molar-refractivity contribution >= 4 is 53.9 Å². The molecule has 0 saturated heterocycles. The number of hydrogen-bond acceptors (Lipinski definition) is 11. The van der Waals surface area contributed by atoms with Crippen LogP contribution in [0.25, 0.3) is 0 Å². The van der Waals surface area contributed by atoms with E-state index in [9.17, 15) is 10.4 Å². The summed E-state index contributed by atoms with van der Waals surface area (Å²) in [7, 11) is 3.27. The van der Waals surface area contributed by atoms with Gasteiger partial charge in [-0.3, -0.25) is 15.2 Å². The molecule has 2 atom stereocenters. The SMILES string of the molecule is COc1cc2c(cc1C)[N+](C#CC(S)OO[O-])=C(/C=C/C1=C(Cl)C(=C/C=C3\N(C#CC([O-])(S)OO)c4cc(C)c(OC)cc4C3(C)C)/CCC1)C2(C)C.[K+]. The fourth-order valence-electron chi connectivity index (χ4n) is 6.96.